The Morgan fingerprint density at radius 1 is 0.782 bits per heavy atom. The molecule has 4 heterocycles. The maximum Gasteiger partial charge on any atom is 1.00 e. The number of carboxylic acids is 4. The number of H-pyrrole nitrogens is 1. The molecule has 27 nitrogen and oxygen atoms in total. The summed E-state index contributed by atoms with van der Waals surface area (Å²) in [6.45, 7) is 11.3. The molecule has 0 atom stereocenters. The quantitative estimate of drug-likeness (QED) is 0.0178. The molecule has 16 N–H and O–H groups in total. The number of nitrogen functional groups attached to an aromatic ring is 5. The van der Waals surface area contributed by atoms with Crippen LogP contribution in [0.3, 0.4) is 0 Å². The maximum absolute atomic E-state index is 11.2. The number of nitrogens with zero attached hydrogens (tertiary/aromatic N) is 9. The van der Waals surface area contributed by atoms with E-state index < -0.39 is 23.9 Å². The largest absolute Gasteiger partial charge is 1.00 e. The number of rotatable bonds is 11. The van der Waals surface area contributed by atoms with Crippen molar-refractivity contribution in [3.8, 4) is 11.8 Å². The fourth-order valence-corrected chi connectivity index (χ4v) is 7.65. The van der Waals surface area contributed by atoms with Gasteiger partial charge in [0, 0.05) is 37.4 Å². The third-order valence-corrected chi connectivity index (χ3v) is 11.4. The molecule has 6 rings (SSSR count). The number of carboxylic acid groups (broad SMARTS) is 4. The number of aromatic nitrogens is 8. The fourth-order valence-electron chi connectivity index (χ4n) is 4.34. The normalized spacial score (nSPS) is 9.38. The smallest absolute Gasteiger partial charge is 0.478 e. The number of hydrogen-bond donors (Lipinski definition) is 11. The molecule has 0 saturated carbocycles. The van der Waals surface area contributed by atoms with Crippen molar-refractivity contribution in [3.63, 3.8) is 0 Å². The van der Waals surface area contributed by atoms with Crippen LogP contribution in [0, 0.1) is 30.8 Å². The Balaban J connectivity index is -0.000000162. The number of nitrogens with two attached hydrogens (primary N) is 5. The van der Waals surface area contributed by atoms with Crippen LogP contribution >= 0.6 is 90.5 Å². The zero-order valence-corrected chi connectivity index (χ0v) is 50.8. The predicted molar refractivity (Wildman–Crippen MR) is 317 cm³/mol. The number of hydrazine groups is 1. The Hall–Kier alpha value is -5.74. The van der Waals surface area contributed by atoms with Crippen LogP contribution in [0.25, 0.3) is 5.69 Å². The van der Waals surface area contributed by atoms with E-state index in [4.69, 9.17) is 64.6 Å². The molecule has 0 bridgehead atoms. The van der Waals surface area contributed by atoms with Gasteiger partial charge >= 0.3 is 53.4 Å². The van der Waals surface area contributed by atoms with E-state index >= 15 is 0 Å². The summed E-state index contributed by atoms with van der Waals surface area (Å²) in [6.07, 6.45) is 1.85. The van der Waals surface area contributed by atoms with Gasteiger partial charge in [0.25, 0.3) is 0 Å². The Morgan fingerprint density at radius 2 is 1.18 bits per heavy atom. The van der Waals surface area contributed by atoms with Crippen molar-refractivity contribution in [2.75, 3.05) is 39.0 Å². The molecule has 0 aliphatic heterocycles. The monoisotopic (exact) mass is 1320 g/mol. The minimum Gasteiger partial charge on any atom is -0.478 e. The van der Waals surface area contributed by atoms with Crippen molar-refractivity contribution in [1.29, 1.82) is 5.26 Å². The number of Topliss-reactive ketones (excluding diaryl/α,β-unsaturated/α-hetero) is 1. The van der Waals surface area contributed by atoms with Crippen molar-refractivity contribution < 1.29 is 75.4 Å². The van der Waals surface area contributed by atoms with Gasteiger partial charge < -0.3 is 58.9 Å². The molecular formula is C42H62BBr2ClN16NaO11S4. The first-order valence-corrected chi connectivity index (χ1v) is 25.1. The number of benzene rings is 2. The van der Waals surface area contributed by atoms with Crippen LogP contribution < -0.4 is 63.8 Å². The minimum atomic E-state index is -1.22. The topological polar surface area (TPSA) is 483 Å². The van der Waals surface area contributed by atoms with E-state index in [0.717, 1.165) is 43.8 Å². The van der Waals surface area contributed by atoms with Crippen LogP contribution in [0.4, 0.5) is 26.9 Å². The van der Waals surface area contributed by atoms with Gasteiger partial charge in [-0.05, 0) is 55.0 Å². The molecule has 425 valence electrons. The predicted octanol–water partition coefficient (Wildman–Crippen LogP) is 5.94. The molecule has 0 aliphatic carbocycles. The summed E-state index contributed by atoms with van der Waals surface area (Å²) in [5.74, 6) is 0.524. The van der Waals surface area contributed by atoms with Crippen molar-refractivity contribution in [3.05, 3.63) is 94.5 Å². The number of nitrogens with one attached hydrogen (secondary N) is 2. The van der Waals surface area contributed by atoms with Crippen LogP contribution in [0.5, 0.6) is 0 Å². The number of nitriles is 1. The summed E-state index contributed by atoms with van der Waals surface area (Å²) in [5.41, 5.74) is 24.3. The Bertz CT molecular complexity index is 2780. The van der Waals surface area contributed by atoms with Gasteiger partial charge in [-0.3, -0.25) is 15.7 Å². The SMILES string of the molecule is BrCCCBr.C.C.CC(C)(C)C(=O)CC#N.CC(C)(C)c1cc(N)n(-c2cc(C(=O)O)cc(C(=O)O)c2)n1.Cl.NNc1cc(C(=O)O)cc(C(=O)O)c1.Nc1n[nH]c(=S)s1.Nc1nnc(Cc2nnc(N)s2)s1.O=N[O-].[2HH].[B].[Na+]. The van der Waals surface area contributed by atoms with Crippen molar-refractivity contribution >= 4 is 155 Å². The molecule has 6 aromatic rings. The van der Waals surface area contributed by atoms with Gasteiger partial charge in [-0.15, -0.1) is 43.2 Å². The minimum absolute atomic E-state index is 0. The number of aromatic carboxylic acids is 4. The summed E-state index contributed by atoms with van der Waals surface area (Å²) in [4.78, 5) is 62.3. The number of aromatic amines is 1. The Kier molecular flexibility index (Phi) is 45.3. The van der Waals surface area contributed by atoms with Gasteiger partial charge in [-0.25, -0.2) is 23.9 Å². The number of alkyl halides is 2. The van der Waals surface area contributed by atoms with Crippen LogP contribution in [0.1, 0.15) is 128 Å². The number of halogens is 3. The summed E-state index contributed by atoms with van der Waals surface area (Å²) < 4.78 is 1.97. The van der Waals surface area contributed by atoms with Crippen LogP contribution in [-0.4, -0.2) is 110 Å². The molecule has 0 amide bonds. The molecule has 0 unspecified atom stereocenters. The Morgan fingerprint density at radius 3 is 1.40 bits per heavy atom. The number of hydrogen-bond acceptors (Lipinski definition) is 25. The van der Waals surface area contributed by atoms with Gasteiger partial charge in [0.05, 0.1) is 58.2 Å². The molecule has 36 heteroatoms. The van der Waals surface area contributed by atoms with Gasteiger partial charge in [0.2, 0.25) is 15.4 Å². The Labute approximate surface area is 515 Å². The van der Waals surface area contributed by atoms with E-state index in [1.165, 1.54) is 69.4 Å². The van der Waals surface area contributed by atoms with Crippen molar-refractivity contribution in [1.82, 2.24) is 40.4 Å². The van der Waals surface area contributed by atoms with E-state index in [-0.39, 0.29) is 118 Å². The van der Waals surface area contributed by atoms with Gasteiger partial charge in [-0.1, -0.05) is 122 Å². The molecule has 0 spiro atoms. The fraction of sp³-hybridized carbons (Fsp3) is 0.357. The second-order valence-corrected chi connectivity index (χ2v) is 21.0. The summed E-state index contributed by atoms with van der Waals surface area (Å²) in [7, 11) is 0. The van der Waals surface area contributed by atoms with Crippen LogP contribution in [0.15, 0.2) is 47.8 Å². The van der Waals surface area contributed by atoms with E-state index in [0.29, 0.717) is 37.3 Å². The van der Waals surface area contributed by atoms with Gasteiger partial charge in [-0.2, -0.15) is 10.4 Å². The van der Waals surface area contributed by atoms with E-state index in [2.05, 4.69) is 85.2 Å². The third kappa shape index (κ3) is 33.5. The summed E-state index contributed by atoms with van der Waals surface area (Å²) >= 11 is 15.2. The molecule has 0 fully saturated rings. The number of ketones is 1. The van der Waals surface area contributed by atoms with Crippen molar-refractivity contribution in [2.24, 2.45) is 16.6 Å². The zero-order chi connectivity index (χ0) is 56.2. The average Bonchev–Trinajstić information content (AvgIpc) is 4.12. The molecule has 3 radical (unpaired) electrons. The molecule has 0 saturated heterocycles. The molecule has 2 aromatic carbocycles. The number of carbonyl (C=O) groups excluding carboxylic acids is 1. The third-order valence-electron chi connectivity index (χ3n) is 7.82. The zero-order valence-electron chi connectivity index (χ0n) is 41.5. The van der Waals surface area contributed by atoms with Crippen molar-refractivity contribution in [2.45, 2.75) is 81.1 Å². The van der Waals surface area contributed by atoms with Gasteiger partial charge in [0.1, 0.15) is 15.8 Å². The first-order chi connectivity index (χ1) is 34.0. The summed E-state index contributed by atoms with van der Waals surface area (Å²) in [6, 6.07) is 10.8. The standard InChI is InChI=1S/C15H17N3O4.C8H8N2O4.C7H11NO.C5H6N6S2.C3H6Br2.C2H3N3S2.2CH4.B.ClH.HNO2.Na.H2/c1-15(2,3)11-7-12(16)18(17-11)10-5-8(13(19)20)4-9(6-10)14(21)22;9-10-6-2-4(7(11)12)1-5(3-6)8(13)14;1-7(2,3)6(9)4-5-8;6-4-10-8-2(12-4)1-3-9-11-5(7)13-3;4-2-1-3-5;3-1-4-5-2(6)7-1;;;;;2-1-3;;/h4-7H,16H2,1-3H3,(H,19,20)(H,21,22);1-3,10H,9H2,(H,11,12)(H,13,14);4H2,1-3H3;1H2,(H2,6,10)(H2,7,11);1-3H2;(H2,3,4)(H,5,6);2*1H4;;1H;(H,2,3);;1H/q;;;;;;;;;;;+1;/p-1/i;;;;;;;;;;;;1+1. The number of carbonyl (C=O) groups is 5. The summed E-state index contributed by atoms with van der Waals surface area (Å²) in [5, 5.41) is 83.5. The molecule has 78 heavy (non-hydrogen) atoms. The van der Waals surface area contributed by atoms with E-state index in [1.54, 1.807) is 6.07 Å². The second-order valence-electron chi connectivity index (χ2n) is 15.6. The average molecular weight is 1330 g/mol. The van der Waals surface area contributed by atoms with E-state index in [1.807, 2.05) is 47.6 Å². The van der Waals surface area contributed by atoms with Crippen LogP contribution in [-0.2, 0) is 16.6 Å². The first kappa shape index (κ1) is 83.6. The van der Waals surface area contributed by atoms with E-state index in [9.17, 15) is 24.0 Å². The molecule has 0 aliphatic rings. The maximum atomic E-state index is 11.2. The first-order valence-electron chi connectivity index (χ1n) is 20.0. The number of anilines is 5. The second kappa shape index (κ2) is 42.2. The molecule has 4 aromatic heterocycles. The van der Waals surface area contributed by atoms with Gasteiger partial charge in [0.15, 0.2) is 9.74 Å². The van der Waals surface area contributed by atoms with Crippen LogP contribution in [0.2, 0.25) is 0 Å². The molecular weight excluding hydrogens is 1260 g/mol.